The fourth-order valence-electron chi connectivity index (χ4n) is 2.82. The molecule has 0 aliphatic heterocycles. The number of hydrogen-bond acceptors (Lipinski definition) is 6. The maximum Gasteiger partial charge on any atom is 0.332 e. The Morgan fingerprint density at radius 3 is 2.43 bits per heavy atom. The molecular weight excluding hydrogens is 362 g/mol. The van der Waals surface area contributed by atoms with Gasteiger partial charge in [0.05, 0.1) is 6.54 Å². The molecule has 150 valence electrons. The van der Waals surface area contributed by atoms with Gasteiger partial charge in [-0.25, -0.2) is 4.79 Å². The highest BCUT2D eigenvalue weighted by molar-refractivity contribution is 6.02. The number of amides is 1. The molecule has 0 spiro atoms. The van der Waals surface area contributed by atoms with Gasteiger partial charge >= 0.3 is 5.69 Å². The number of Topliss-reactive ketones (excluding diaryl/α,β-unsaturated/α-hetero) is 1. The van der Waals surface area contributed by atoms with Gasteiger partial charge in [-0.15, -0.1) is 0 Å². The van der Waals surface area contributed by atoms with Gasteiger partial charge < -0.3 is 16.8 Å². The van der Waals surface area contributed by atoms with Crippen molar-refractivity contribution in [3.05, 3.63) is 55.7 Å². The second-order valence-electron chi connectivity index (χ2n) is 7.08. The Morgan fingerprint density at radius 1 is 1.21 bits per heavy atom. The fraction of sp³-hybridized carbons (Fsp3) is 0.368. The average Bonchev–Trinajstić information content (AvgIpc) is 2.62. The highest BCUT2D eigenvalue weighted by atomic mass is 16.2. The normalized spacial score (nSPS) is 10.9. The summed E-state index contributed by atoms with van der Waals surface area (Å²) in [5.41, 5.74) is 11.4. The van der Waals surface area contributed by atoms with Crippen LogP contribution in [0.25, 0.3) is 0 Å². The largest absolute Gasteiger partial charge is 0.384 e. The van der Waals surface area contributed by atoms with E-state index in [1.165, 1.54) is 17.7 Å². The zero-order valence-corrected chi connectivity index (χ0v) is 16.4. The fourth-order valence-corrected chi connectivity index (χ4v) is 2.82. The lowest BCUT2D eigenvalue weighted by Gasteiger charge is -2.16. The molecule has 5 N–H and O–H groups in total. The van der Waals surface area contributed by atoms with E-state index in [4.69, 9.17) is 11.5 Å². The molecule has 28 heavy (non-hydrogen) atoms. The number of nitrogens with zero attached hydrogens (tertiary/aromatic N) is 2. The molecule has 9 heteroatoms. The van der Waals surface area contributed by atoms with Crippen LogP contribution in [0.1, 0.15) is 40.1 Å². The first-order chi connectivity index (χ1) is 13.0. The minimum Gasteiger partial charge on any atom is -0.384 e. The minimum atomic E-state index is -0.739. The molecule has 2 aromatic rings. The van der Waals surface area contributed by atoms with E-state index in [9.17, 15) is 19.2 Å². The van der Waals surface area contributed by atoms with Crippen LogP contribution in [0.4, 0.5) is 11.5 Å². The number of aryl methyl sites for hydroxylation is 1. The molecular formula is C19H25N5O4. The summed E-state index contributed by atoms with van der Waals surface area (Å²) in [4.78, 5) is 48.9. The van der Waals surface area contributed by atoms with Crippen molar-refractivity contribution >= 4 is 23.2 Å². The first kappa shape index (κ1) is 20.9. The summed E-state index contributed by atoms with van der Waals surface area (Å²) in [7, 11) is 1.31. The van der Waals surface area contributed by atoms with E-state index in [0.29, 0.717) is 11.3 Å². The van der Waals surface area contributed by atoms with Gasteiger partial charge in [-0.3, -0.25) is 23.5 Å². The van der Waals surface area contributed by atoms with Crippen LogP contribution in [-0.4, -0.2) is 27.4 Å². The number of aromatic nitrogens is 2. The standard InChI is InChI=1S/C19H25N5O4/c1-10(2)9-24-16(20)15(18(27)23(4)19(24)28)14(25)8-22-13-7-12(17(21)26)6-5-11(13)3/h5-7,10,22H,8-9,20H2,1-4H3,(H2,21,26). The summed E-state index contributed by atoms with van der Waals surface area (Å²) >= 11 is 0. The Hall–Kier alpha value is -3.36. The highest BCUT2D eigenvalue weighted by Crippen LogP contribution is 2.17. The van der Waals surface area contributed by atoms with Crippen LogP contribution in [0.2, 0.25) is 0 Å². The number of primary amides is 1. The minimum absolute atomic E-state index is 0.0952. The van der Waals surface area contributed by atoms with Gasteiger partial charge in [0, 0.05) is 24.8 Å². The van der Waals surface area contributed by atoms with Crippen molar-refractivity contribution in [2.24, 2.45) is 18.7 Å². The van der Waals surface area contributed by atoms with Crippen LogP contribution >= 0.6 is 0 Å². The van der Waals surface area contributed by atoms with E-state index < -0.39 is 22.9 Å². The number of carbonyl (C=O) groups is 2. The smallest absolute Gasteiger partial charge is 0.332 e. The number of carbonyl (C=O) groups excluding carboxylic acids is 2. The molecule has 1 heterocycles. The second-order valence-corrected chi connectivity index (χ2v) is 7.08. The molecule has 1 aromatic heterocycles. The number of ketones is 1. The van der Waals surface area contributed by atoms with Gasteiger partial charge in [-0.2, -0.15) is 0 Å². The molecule has 0 fully saturated rings. The van der Waals surface area contributed by atoms with E-state index >= 15 is 0 Å². The van der Waals surface area contributed by atoms with E-state index in [1.54, 1.807) is 19.1 Å². The Balaban J connectivity index is 2.39. The molecule has 0 unspecified atom stereocenters. The molecule has 2 rings (SSSR count). The number of hydrogen-bond donors (Lipinski definition) is 3. The van der Waals surface area contributed by atoms with Crippen molar-refractivity contribution in [1.82, 2.24) is 9.13 Å². The van der Waals surface area contributed by atoms with Gasteiger partial charge in [0.2, 0.25) is 5.91 Å². The number of nitrogens with one attached hydrogen (secondary N) is 1. The molecule has 0 saturated carbocycles. The Morgan fingerprint density at radius 2 is 1.86 bits per heavy atom. The lowest BCUT2D eigenvalue weighted by Crippen LogP contribution is -2.43. The van der Waals surface area contributed by atoms with Crippen molar-refractivity contribution in [2.75, 3.05) is 17.6 Å². The zero-order valence-electron chi connectivity index (χ0n) is 16.4. The van der Waals surface area contributed by atoms with Gasteiger partial charge in [0.25, 0.3) is 5.56 Å². The maximum absolute atomic E-state index is 12.7. The van der Waals surface area contributed by atoms with Crippen molar-refractivity contribution < 1.29 is 9.59 Å². The summed E-state index contributed by atoms with van der Waals surface area (Å²) in [5.74, 6) is -1.19. The summed E-state index contributed by atoms with van der Waals surface area (Å²) in [6.07, 6.45) is 0. The second kappa shape index (κ2) is 8.12. The Labute approximate surface area is 162 Å². The SMILES string of the molecule is Cc1ccc(C(N)=O)cc1NCC(=O)c1c(N)n(CC(C)C)c(=O)n(C)c1=O. The molecule has 9 nitrogen and oxygen atoms in total. The molecule has 0 aliphatic carbocycles. The average molecular weight is 387 g/mol. The first-order valence-electron chi connectivity index (χ1n) is 8.81. The van der Waals surface area contributed by atoms with Crippen LogP contribution in [0, 0.1) is 12.8 Å². The van der Waals surface area contributed by atoms with Crippen LogP contribution in [0.5, 0.6) is 0 Å². The predicted molar refractivity (Wildman–Crippen MR) is 108 cm³/mol. The van der Waals surface area contributed by atoms with Gasteiger partial charge in [0.1, 0.15) is 11.4 Å². The zero-order chi connectivity index (χ0) is 21.2. The monoisotopic (exact) mass is 387 g/mol. The quantitative estimate of drug-likeness (QED) is 0.590. The summed E-state index contributed by atoms with van der Waals surface area (Å²) in [5, 5.41) is 2.91. The molecule has 0 radical (unpaired) electrons. The molecule has 0 aliphatic rings. The predicted octanol–water partition coefficient (Wildman–Crippen LogP) is 0.487. The van der Waals surface area contributed by atoms with Crippen LogP contribution < -0.4 is 28.0 Å². The van der Waals surface area contributed by atoms with E-state index in [0.717, 1.165) is 10.1 Å². The molecule has 0 atom stereocenters. The maximum atomic E-state index is 12.7. The van der Waals surface area contributed by atoms with Gasteiger partial charge in [-0.05, 0) is 30.5 Å². The van der Waals surface area contributed by atoms with Gasteiger partial charge in [-0.1, -0.05) is 19.9 Å². The molecule has 0 bridgehead atoms. The Kier molecular flexibility index (Phi) is 6.07. The van der Waals surface area contributed by atoms with Crippen LogP contribution in [0.3, 0.4) is 0 Å². The first-order valence-corrected chi connectivity index (χ1v) is 8.81. The van der Waals surface area contributed by atoms with Gasteiger partial charge in [0.15, 0.2) is 5.78 Å². The number of anilines is 2. The van der Waals surface area contributed by atoms with Crippen molar-refractivity contribution in [3.63, 3.8) is 0 Å². The number of rotatable bonds is 7. The number of benzene rings is 1. The molecule has 1 amide bonds. The molecule has 0 saturated heterocycles. The molecule has 1 aromatic carbocycles. The van der Waals surface area contributed by atoms with Crippen LogP contribution in [-0.2, 0) is 13.6 Å². The van der Waals surface area contributed by atoms with E-state index in [-0.39, 0.29) is 30.4 Å². The van der Waals surface area contributed by atoms with Crippen molar-refractivity contribution in [2.45, 2.75) is 27.3 Å². The topological polar surface area (TPSA) is 142 Å². The lowest BCUT2D eigenvalue weighted by molar-refractivity contribution is 0.0994. The number of nitrogen functional groups attached to an aromatic ring is 1. The highest BCUT2D eigenvalue weighted by Gasteiger charge is 2.22. The van der Waals surface area contributed by atoms with E-state index in [1.807, 2.05) is 13.8 Å². The third kappa shape index (κ3) is 4.13. The summed E-state index contributed by atoms with van der Waals surface area (Å²) < 4.78 is 2.11. The van der Waals surface area contributed by atoms with E-state index in [2.05, 4.69) is 5.32 Å². The summed E-state index contributed by atoms with van der Waals surface area (Å²) in [6, 6.07) is 4.81. The number of nitrogens with two attached hydrogens (primary N) is 2. The third-order valence-corrected chi connectivity index (χ3v) is 4.37. The lowest BCUT2D eigenvalue weighted by atomic mass is 10.1. The summed E-state index contributed by atoms with van der Waals surface area (Å²) in [6.45, 7) is 5.64. The Bertz CT molecular complexity index is 1050. The third-order valence-electron chi connectivity index (χ3n) is 4.37. The van der Waals surface area contributed by atoms with Crippen molar-refractivity contribution in [1.29, 1.82) is 0 Å². The van der Waals surface area contributed by atoms with Crippen LogP contribution in [0.15, 0.2) is 27.8 Å². The van der Waals surface area contributed by atoms with Crippen molar-refractivity contribution in [3.8, 4) is 0 Å².